The van der Waals surface area contributed by atoms with Gasteiger partial charge in [-0.3, -0.25) is 9.20 Å². The standard InChI is InChI=1S/C16H34N4O3S2/c1-6-17-15(18-10-13-24(21)16(3,4)5)19-14-8-11-20(12-9-14)25(22,23)7-2/h14H,6-13H2,1-5H3,(H2,17,18,19). The number of hydrogen-bond acceptors (Lipinski definition) is 4. The minimum atomic E-state index is -3.10. The smallest absolute Gasteiger partial charge is 0.213 e. The van der Waals surface area contributed by atoms with Crippen LogP contribution in [0.1, 0.15) is 47.5 Å². The number of sulfonamides is 1. The zero-order valence-electron chi connectivity index (χ0n) is 16.2. The Balaban J connectivity index is 2.53. The van der Waals surface area contributed by atoms with Gasteiger partial charge in [-0.2, -0.15) is 0 Å². The quantitative estimate of drug-likeness (QED) is 0.495. The Kier molecular flexibility index (Phi) is 8.83. The van der Waals surface area contributed by atoms with Gasteiger partial charge < -0.3 is 10.6 Å². The Labute approximate surface area is 155 Å². The Morgan fingerprint density at radius 2 is 1.84 bits per heavy atom. The predicted molar refractivity (Wildman–Crippen MR) is 106 cm³/mol. The molecule has 0 aliphatic carbocycles. The summed E-state index contributed by atoms with van der Waals surface area (Å²) < 4.78 is 37.3. The first-order valence-corrected chi connectivity index (χ1v) is 11.9. The summed E-state index contributed by atoms with van der Waals surface area (Å²) in [7, 11) is -4.01. The molecule has 1 unspecified atom stereocenters. The van der Waals surface area contributed by atoms with E-state index < -0.39 is 20.8 Å². The molecule has 1 rings (SSSR count). The Morgan fingerprint density at radius 3 is 2.32 bits per heavy atom. The van der Waals surface area contributed by atoms with Gasteiger partial charge in [0.25, 0.3) is 0 Å². The molecular weight excluding hydrogens is 360 g/mol. The summed E-state index contributed by atoms with van der Waals surface area (Å²) >= 11 is 0. The van der Waals surface area contributed by atoms with Crippen LogP contribution in [0.2, 0.25) is 0 Å². The first kappa shape index (κ1) is 22.4. The van der Waals surface area contributed by atoms with Crippen molar-refractivity contribution in [1.82, 2.24) is 14.9 Å². The second-order valence-electron chi connectivity index (χ2n) is 7.14. The second-order valence-corrected chi connectivity index (χ2v) is 11.7. The number of piperidine rings is 1. The van der Waals surface area contributed by atoms with Crippen LogP contribution in [-0.4, -0.2) is 71.4 Å². The molecule has 1 fully saturated rings. The molecule has 2 N–H and O–H groups in total. The molecule has 0 spiro atoms. The minimum Gasteiger partial charge on any atom is -0.357 e. The number of nitrogens with zero attached hydrogens (tertiary/aromatic N) is 2. The van der Waals surface area contributed by atoms with E-state index in [-0.39, 0.29) is 16.5 Å². The molecule has 0 aromatic rings. The lowest BCUT2D eigenvalue weighted by Gasteiger charge is -2.32. The molecule has 0 radical (unpaired) electrons. The maximum absolute atomic E-state index is 12.1. The van der Waals surface area contributed by atoms with Gasteiger partial charge in [-0.05, 0) is 47.5 Å². The molecule has 0 bridgehead atoms. The van der Waals surface area contributed by atoms with Gasteiger partial charge in [0.1, 0.15) is 0 Å². The molecule has 1 heterocycles. The first-order chi connectivity index (χ1) is 11.6. The maximum Gasteiger partial charge on any atom is 0.213 e. The van der Waals surface area contributed by atoms with E-state index in [0.29, 0.717) is 31.3 Å². The van der Waals surface area contributed by atoms with Crippen molar-refractivity contribution in [2.45, 2.75) is 58.2 Å². The summed E-state index contributed by atoms with van der Waals surface area (Å²) in [6.45, 7) is 11.9. The van der Waals surface area contributed by atoms with E-state index in [1.54, 1.807) is 11.2 Å². The zero-order chi connectivity index (χ0) is 19.1. The Bertz CT molecular complexity index is 562. The minimum absolute atomic E-state index is 0.153. The van der Waals surface area contributed by atoms with Crippen LogP contribution in [-0.2, 0) is 20.8 Å². The van der Waals surface area contributed by atoms with Crippen LogP contribution < -0.4 is 10.6 Å². The summed E-state index contributed by atoms with van der Waals surface area (Å²) in [5.41, 5.74) is 0. The lowest BCUT2D eigenvalue weighted by Crippen LogP contribution is -2.50. The predicted octanol–water partition coefficient (Wildman–Crippen LogP) is 0.903. The molecule has 7 nitrogen and oxygen atoms in total. The molecule has 25 heavy (non-hydrogen) atoms. The molecule has 0 amide bonds. The van der Waals surface area contributed by atoms with Crippen LogP contribution in [0.25, 0.3) is 0 Å². The van der Waals surface area contributed by atoms with Crippen LogP contribution in [0.3, 0.4) is 0 Å². The van der Waals surface area contributed by atoms with Crippen molar-refractivity contribution in [2.75, 3.05) is 37.7 Å². The van der Waals surface area contributed by atoms with Crippen LogP contribution in [0, 0.1) is 0 Å². The van der Waals surface area contributed by atoms with Crippen molar-refractivity contribution in [3.8, 4) is 0 Å². The van der Waals surface area contributed by atoms with Crippen molar-refractivity contribution in [1.29, 1.82) is 0 Å². The molecule has 9 heteroatoms. The fourth-order valence-electron chi connectivity index (χ4n) is 2.52. The molecule has 148 valence electrons. The topological polar surface area (TPSA) is 90.9 Å². The number of guanidine groups is 1. The van der Waals surface area contributed by atoms with E-state index in [2.05, 4.69) is 15.6 Å². The van der Waals surface area contributed by atoms with Crippen molar-refractivity contribution in [2.24, 2.45) is 4.99 Å². The highest BCUT2D eigenvalue weighted by Crippen LogP contribution is 2.14. The monoisotopic (exact) mass is 394 g/mol. The third-order valence-electron chi connectivity index (χ3n) is 4.13. The average Bonchev–Trinajstić information content (AvgIpc) is 2.54. The average molecular weight is 395 g/mol. The summed E-state index contributed by atoms with van der Waals surface area (Å²) in [6, 6.07) is 0.203. The highest BCUT2D eigenvalue weighted by atomic mass is 32.2. The summed E-state index contributed by atoms with van der Waals surface area (Å²) in [5.74, 6) is 1.40. The van der Waals surface area contributed by atoms with Gasteiger partial charge in [0.05, 0.1) is 12.3 Å². The number of rotatable bonds is 7. The van der Waals surface area contributed by atoms with Gasteiger partial charge in [0, 0.05) is 47.0 Å². The lowest BCUT2D eigenvalue weighted by atomic mass is 10.1. The normalized spacial score (nSPS) is 19.6. The van der Waals surface area contributed by atoms with Crippen molar-refractivity contribution >= 4 is 26.8 Å². The van der Waals surface area contributed by atoms with E-state index in [1.807, 2.05) is 27.7 Å². The maximum atomic E-state index is 12.1. The molecule has 1 atom stereocenters. The van der Waals surface area contributed by atoms with Gasteiger partial charge in [-0.15, -0.1) is 0 Å². The molecule has 0 aromatic carbocycles. The highest BCUT2D eigenvalue weighted by molar-refractivity contribution is 7.89. The largest absolute Gasteiger partial charge is 0.357 e. The van der Waals surface area contributed by atoms with Crippen LogP contribution in [0.4, 0.5) is 0 Å². The SMILES string of the molecule is CCNC(=NCCS(=O)C(C)(C)C)NC1CCN(S(=O)(=O)CC)CC1. The molecular formula is C16H34N4O3S2. The Hall–Kier alpha value is -0.670. The summed E-state index contributed by atoms with van der Waals surface area (Å²) in [4.78, 5) is 4.51. The molecule has 1 aliphatic rings. The van der Waals surface area contributed by atoms with Gasteiger partial charge in [0.15, 0.2) is 5.96 Å². The van der Waals surface area contributed by atoms with Crippen LogP contribution >= 0.6 is 0 Å². The summed E-state index contributed by atoms with van der Waals surface area (Å²) in [5, 5.41) is 6.58. The summed E-state index contributed by atoms with van der Waals surface area (Å²) in [6.07, 6.45) is 1.52. The van der Waals surface area contributed by atoms with Gasteiger partial charge in [-0.25, -0.2) is 12.7 Å². The van der Waals surface area contributed by atoms with E-state index in [0.717, 1.165) is 19.4 Å². The molecule has 0 saturated carbocycles. The van der Waals surface area contributed by atoms with E-state index in [9.17, 15) is 12.6 Å². The number of aliphatic imine (C=N–C) groups is 1. The zero-order valence-corrected chi connectivity index (χ0v) is 17.8. The van der Waals surface area contributed by atoms with Crippen molar-refractivity contribution in [3.63, 3.8) is 0 Å². The molecule has 0 aromatic heterocycles. The van der Waals surface area contributed by atoms with Crippen LogP contribution in [0.15, 0.2) is 4.99 Å². The molecule has 1 saturated heterocycles. The number of hydrogen-bond donors (Lipinski definition) is 2. The van der Waals surface area contributed by atoms with Crippen LogP contribution in [0.5, 0.6) is 0 Å². The van der Waals surface area contributed by atoms with E-state index >= 15 is 0 Å². The first-order valence-electron chi connectivity index (χ1n) is 9.01. The van der Waals surface area contributed by atoms with E-state index in [1.165, 1.54) is 0 Å². The fourth-order valence-corrected chi connectivity index (χ4v) is 4.52. The third kappa shape index (κ3) is 7.62. The fraction of sp³-hybridized carbons (Fsp3) is 0.938. The third-order valence-corrected chi connectivity index (χ3v) is 7.93. The van der Waals surface area contributed by atoms with Crippen molar-refractivity contribution in [3.05, 3.63) is 0 Å². The molecule has 1 aliphatic heterocycles. The Morgan fingerprint density at radius 1 is 1.24 bits per heavy atom. The second kappa shape index (κ2) is 9.87. The van der Waals surface area contributed by atoms with Crippen molar-refractivity contribution < 1.29 is 12.6 Å². The number of nitrogens with one attached hydrogen (secondary N) is 2. The lowest BCUT2D eigenvalue weighted by molar-refractivity contribution is 0.306. The highest BCUT2D eigenvalue weighted by Gasteiger charge is 2.27. The van der Waals surface area contributed by atoms with Gasteiger partial charge >= 0.3 is 0 Å². The van der Waals surface area contributed by atoms with Gasteiger partial charge in [-0.1, -0.05) is 0 Å². The van der Waals surface area contributed by atoms with Gasteiger partial charge in [0.2, 0.25) is 10.0 Å². The van der Waals surface area contributed by atoms with E-state index in [4.69, 9.17) is 0 Å².